The number of β-amino-alcohol motifs (C(OH)–C–C–N with tert-alkyl or cyclic N) is 1. The summed E-state index contributed by atoms with van der Waals surface area (Å²) >= 11 is 0. The molecule has 2 unspecified atom stereocenters. The summed E-state index contributed by atoms with van der Waals surface area (Å²) in [5, 5.41) is 14.6. The Morgan fingerprint density at radius 2 is 1.74 bits per heavy atom. The smallest absolute Gasteiger partial charge is 0.256 e. The topological polar surface area (TPSA) is 93.2 Å². The summed E-state index contributed by atoms with van der Waals surface area (Å²) in [6.07, 6.45) is 3.14. The molecule has 2 N–H and O–H groups in total. The highest BCUT2D eigenvalue weighted by atomic mass is 16.3. The van der Waals surface area contributed by atoms with Crippen LogP contribution in [0.25, 0.3) is 0 Å². The molecule has 2 amide bonds. The van der Waals surface area contributed by atoms with Crippen molar-refractivity contribution in [2.24, 2.45) is 5.41 Å². The molecule has 0 aromatic heterocycles. The number of ketones is 1. The van der Waals surface area contributed by atoms with Crippen molar-refractivity contribution in [1.29, 1.82) is 0 Å². The van der Waals surface area contributed by atoms with E-state index in [4.69, 9.17) is 0 Å². The van der Waals surface area contributed by atoms with Gasteiger partial charge in [-0.3, -0.25) is 14.4 Å². The Balaban J connectivity index is 1.15. The lowest BCUT2D eigenvalue weighted by atomic mass is 9.62. The summed E-state index contributed by atoms with van der Waals surface area (Å²) in [7, 11) is 0. The van der Waals surface area contributed by atoms with Crippen LogP contribution in [0.15, 0.2) is 42.5 Å². The third-order valence-corrected chi connectivity index (χ3v) is 9.37. The molecule has 4 aliphatic rings. The molecular formula is C31H38N4O4. The zero-order chi connectivity index (χ0) is 27.1. The highest BCUT2D eigenvalue weighted by molar-refractivity contribution is 6.03. The number of nitrogens with zero attached hydrogens (tertiary/aromatic N) is 3. The molecule has 8 heteroatoms. The van der Waals surface area contributed by atoms with E-state index in [-0.39, 0.29) is 29.8 Å². The van der Waals surface area contributed by atoms with Gasteiger partial charge in [0.1, 0.15) is 5.78 Å². The van der Waals surface area contributed by atoms with Crippen molar-refractivity contribution in [2.75, 3.05) is 44.2 Å². The number of piperidine rings is 1. The molecule has 39 heavy (non-hydrogen) atoms. The summed E-state index contributed by atoms with van der Waals surface area (Å²) in [4.78, 5) is 44.4. The number of benzene rings is 2. The van der Waals surface area contributed by atoms with E-state index in [1.807, 2.05) is 23.1 Å². The fraction of sp³-hybridized carbons (Fsp3) is 0.516. The van der Waals surface area contributed by atoms with E-state index < -0.39 is 6.10 Å². The van der Waals surface area contributed by atoms with E-state index >= 15 is 0 Å². The Labute approximate surface area is 230 Å². The zero-order valence-corrected chi connectivity index (χ0v) is 22.7. The molecule has 1 aliphatic carbocycles. The number of hydrogen-bond donors (Lipinski definition) is 2. The number of aliphatic hydroxyl groups is 1. The first-order valence-corrected chi connectivity index (χ1v) is 14.3. The van der Waals surface area contributed by atoms with Crippen molar-refractivity contribution >= 4 is 23.3 Å². The normalized spacial score (nSPS) is 23.1. The molecule has 1 saturated heterocycles. The summed E-state index contributed by atoms with van der Waals surface area (Å²) in [6.45, 7) is 6.24. The minimum Gasteiger partial charge on any atom is -0.390 e. The first kappa shape index (κ1) is 26.0. The maximum absolute atomic E-state index is 13.7. The minimum atomic E-state index is -0.687. The van der Waals surface area contributed by atoms with Crippen molar-refractivity contribution in [3.05, 3.63) is 64.7 Å². The highest BCUT2D eigenvalue weighted by Crippen LogP contribution is 2.46. The standard InChI is InChI=1S/C31H38N4O4/c1-2-33-13-14-35(20-28(37)26-15-21-5-3-4-6-23(21)19-32-26)30(39)25-8-7-22(16-27(25)33)29(38)34-11-9-31(10-12-34)17-24(36)18-31/h3-8,16,26,28,32,37H,2,9-15,17-20H2,1H3. The van der Waals surface area contributed by atoms with Gasteiger partial charge in [0.15, 0.2) is 0 Å². The summed E-state index contributed by atoms with van der Waals surface area (Å²) in [5.41, 5.74) is 4.58. The van der Waals surface area contributed by atoms with E-state index in [0.717, 1.165) is 31.5 Å². The average molecular weight is 531 g/mol. The molecule has 2 aromatic rings. The Kier molecular flexibility index (Phi) is 6.93. The van der Waals surface area contributed by atoms with E-state index in [1.54, 1.807) is 17.0 Å². The van der Waals surface area contributed by atoms with Crippen LogP contribution in [0.2, 0.25) is 0 Å². The quantitative estimate of drug-likeness (QED) is 0.618. The van der Waals surface area contributed by atoms with Crippen LogP contribution in [0, 0.1) is 5.41 Å². The SMILES string of the molecule is CCN1CCN(CC(O)C2Cc3ccccc3CN2)C(=O)c2ccc(C(=O)N3CCC4(CC3)CC(=O)C4)cc21. The lowest BCUT2D eigenvalue weighted by molar-refractivity contribution is -0.135. The Hall–Kier alpha value is -3.23. The van der Waals surface area contributed by atoms with Crippen LogP contribution < -0.4 is 10.2 Å². The van der Waals surface area contributed by atoms with Crippen LogP contribution in [0.5, 0.6) is 0 Å². The van der Waals surface area contributed by atoms with Crippen molar-refractivity contribution in [2.45, 2.75) is 57.7 Å². The maximum atomic E-state index is 13.7. The predicted molar refractivity (Wildman–Crippen MR) is 149 cm³/mol. The predicted octanol–water partition coefficient (Wildman–Crippen LogP) is 2.63. The van der Waals surface area contributed by atoms with Crippen LogP contribution in [-0.2, 0) is 17.8 Å². The summed E-state index contributed by atoms with van der Waals surface area (Å²) in [5.74, 6) is 0.221. The van der Waals surface area contributed by atoms with Crippen LogP contribution in [0.1, 0.15) is 64.4 Å². The maximum Gasteiger partial charge on any atom is 0.256 e. The number of likely N-dealkylation sites (N-methyl/N-ethyl adjacent to an activating group) is 1. The number of likely N-dealkylation sites (tertiary alicyclic amines) is 1. The van der Waals surface area contributed by atoms with Gasteiger partial charge in [-0.2, -0.15) is 0 Å². The molecule has 206 valence electrons. The van der Waals surface area contributed by atoms with Crippen molar-refractivity contribution < 1.29 is 19.5 Å². The number of aliphatic hydroxyl groups excluding tert-OH is 1. The summed E-state index contributed by atoms with van der Waals surface area (Å²) < 4.78 is 0. The van der Waals surface area contributed by atoms with Crippen LogP contribution in [-0.4, -0.2) is 83.9 Å². The van der Waals surface area contributed by atoms with Gasteiger partial charge in [0.25, 0.3) is 11.8 Å². The monoisotopic (exact) mass is 530 g/mol. The molecule has 8 nitrogen and oxygen atoms in total. The second kappa shape index (κ2) is 10.4. The fourth-order valence-corrected chi connectivity index (χ4v) is 6.85. The Morgan fingerprint density at radius 3 is 2.46 bits per heavy atom. The summed E-state index contributed by atoms with van der Waals surface area (Å²) in [6, 6.07) is 13.6. The van der Waals surface area contributed by atoms with Gasteiger partial charge in [-0.05, 0) is 60.9 Å². The van der Waals surface area contributed by atoms with Gasteiger partial charge in [-0.15, -0.1) is 0 Å². The number of anilines is 1. The number of rotatable bonds is 5. The van der Waals surface area contributed by atoms with Gasteiger partial charge < -0.3 is 25.1 Å². The van der Waals surface area contributed by atoms with E-state index in [0.29, 0.717) is 62.5 Å². The van der Waals surface area contributed by atoms with Crippen LogP contribution >= 0.6 is 0 Å². The number of fused-ring (bicyclic) bond motifs is 2. The molecule has 3 heterocycles. The van der Waals surface area contributed by atoms with E-state index in [1.165, 1.54) is 11.1 Å². The highest BCUT2D eigenvalue weighted by Gasteiger charge is 2.45. The van der Waals surface area contributed by atoms with Gasteiger partial charge in [0.2, 0.25) is 0 Å². The van der Waals surface area contributed by atoms with Crippen molar-refractivity contribution in [3.63, 3.8) is 0 Å². The number of carbonyl (C=O) groups excluding carboxylic acids is 3. The third-order valence-electron chi connectivity index (χ3n) is 9.37. The van der Waals surface area contributed by atoms with Gasteiger partial charge >= 0.3 is 0 Å². The second-order valence-electron chi connectivity index (χ2n) is 11.8. The van der Waals surface area contributed by atoms with Gasteiger partial charge in [-0.25, -0.2) is 0 Å². The molecule has 2 aromatic carbocycles. The molecule has 0 bridgehead atoms. The lowest BCUT2D eigenvalue weighted by Gasteiger charge is -2.46. The van der Waals surface area contributed by atoms with Crippen LogP contribution in [0.4, 0.5) is 5.69 Å². The van der Waals surface area contributed by atoms with Gasteiger partial charge in [0.05, 0.1) is 17.4 Å². The largest absolute Gasteiger partial charge is 0.390 e. The molecule has 0 radical (unpaired) electrons. The van der Waals surface area contributed by atoms with Crippen molar-refractivity contribution in [3.8, 4) is 0 Å². The third kappa shape index (κ3) is 4.96. The van der Waals surface area contributed by atoms with Gasteiger partial charge in [-0.1, -0.05) is 24.3 Å². The molecule has 2 atom stereocenters. The molecule has 3 aliphatic heterocycles. The molecular weight excluding hydrogens is 492 g/mol. The fourth-order valence-electron chi connectivity index (χ4n) is 6.85. The molecule has 2 fully saturated rings. The first-order valence-electron chi connectivity index (χ1n) is 14.3. The first-order chi connectivity index (χ1) is 18.9. The molecule has 6 rings (SSSR count). The van der Waals surface area contributed by atoms with E-state index in [2.05, 4.69) is 29.3 Å². The van der Waals surface area contributed by atoms with Crippen LogP contribution in [0.3, 0.4) is 0 Å². The number of carbonyl (C=O) groups is 3. The number of hydrogen-bond acceptors (Lipinski definition) is 6. The lowest BCUT2D eigenvalue weighted by Crippen LogP contribution is -2.50. The minimum absolute atomic E-state index is 0.0121. The number of Topliss-reactive ketones (excluding diaryl/α,β-unsaturated/α-hetero) is 1. The Morgan fingerprint density at radius 1 is 1.03 bits per heavy atom. The number of amides is 2. The van der Waals surface area contributed by atoms with E-state index in [9.17, 15) is 19.5 Å². The second-order valence-corrected chi connectivity index (χ2v) is 11.8. The molecule has 1 saturated carbocycles. The number of nitrogens with one attached hydrogen (secondary N) is 1. The average Bonchev–Trinajstić information content (AvgIpc) is 3.07. The van der Waals surface area contributed by atoms with Gasteiger partial charge in [0, 0.05) is 70.3 Å². The zero-order valence-electron chi connectivity index (χ0n) is 22.7. The Bertz CT molecular complexity index is 1280. The molecule has 1 spiro atoms. The van der Waals surface area contributed by atoms with Crippen molar-refractivity contribution in [1.82, 2.24) is 15.1 Å².